The summed E-state index contributed by atoms with van der Waals surface area (Å²) < 4.78 is 0. The summed E-state index contributed by atoms with van der Waals surface area (Å²) in [6.07, 6.45) is 3.52. The molecule has 0 bridgehead atoms. The van der Waals surface area contributed by atoms with Crippen LogP contribution in [0.5, 0.6) is 0 Å². The predicted octanol–water partition coefficient (Wildman–Crippen LogP) is 2.75. The summed E-state index contributed by atoms with van der Waals surface area (Å²) in [6, 6.07) is 6.18. The average molecular weight is 233 g/mol. The van der Waals surface area contributed by atoms with Crippen molar-refractivity contribution in [1.82, 2.24) is 4.98 Å². The lowest BCUT2D eigenvalue weighted by Crippen LogP contribution is -2.21. The van der Waals surface area contributed by atoms with Gasteiger partial charge < -0.3 is 10.6 Å². The number of hydrogen-bond donors (Lipinski definition) is 1. The molecule has 84 valence electrons. The Bertz CT molecular complexity index is 439. The smallest absolute Gasteiger partial charge is 0.0576 e. The van der Waals surface area contributed by atoms with Crippen LogP contribution in [-0.4, -0.2) is 11.5 Å². The van der Waals surface area contributed by atoms with Gasteiger partial charge in [-0.2, -0.15) is 0 Å². The maximum Gasteiger partial charge on any atom is 0.0576 e. The van der Waals surface area contributed by atoms with Gasteiger partial charge in [0.05, 0.1) is 24.1 Å². The SMILES string of the molecule is CCN(Cc1cccs1)c1cncc(N)c1. The molecule has 0 radical (unpaired) electrons. The van der Waals surface area contributed by atoms with E-state index in [-0.39, 0.29) is 0 Å². The molecule has 0 aliphatic rings. The van der Waals surface area contributed by atoms with E-state index in [1.54, 1.807) is 17.5 Å². The lowest BCUT2D eigenvalue weighted by Gasteiger charge is -2.22. The molecule has 0 aromatic carbocycles. The largest absolute Gasteiger partial charge is 0.397 e. The van der Waals surface area contributed by atoms with E-state index in [0.29, 0.717) is 5.69 Å². The van der Waals surface area contributed by atoms with E-state index in [4.69, 9.17) is 5.73 Å². The molecule has 2 rings (SSSR count). The van der Waals surface area contributed by atoms with Crippen molar-refractivity contribution in [2.75, 3.05) is 17.2 Å². The number of thiophene rings is 1. The lowest BCUT2D eigenvalue weighted by molar-refractivity contribution is 0.839. The molecule has 0 spiro atoms. The first kappa shape index (κ1) is 11.0. The van der Waals surface area contributed by atoms with Gasteiger partial charge in [0.1, 0.15) is 0 Å². The summed E-state index contributed by atoms with van der Waals surface area (Å²) in [5.41, 5.74) is 7.53. The highest BCUT2D eigenvalue weighted by Crippen LogP contribution is 2.20. The summed E-state index contributed by atoms with van der Waals surface area (Å²) in [7, 11) is 0. The van der Waals surface area contributed by atoms with E-state index in [1.165, 1.54) is 4.88 Å². The molecule has 0 atom stereocenters. The van der Waals surface area contributed by atoms with Crippen LogP contribution in [0.4, 0.5) is 11.4 Å². The Morgan fingerprint density at radius 1 is 1.44 bits per heavy atom. The van der Waals surface area contributed by atoms with Crippen LogP contribution in [0, 0.1) is 0 Å². The highest BCUT2D eigenvalue weighted by Gasteiger charge is 2.06. The maximum absolute atomic E-state index is 5.74. The molecular formula is C12H15N3S. The molecule has 0 amide bonds. The molecule has 0 saturated heterocycles. The maximum atomic E-state index is 5.74. The van der Waals surface area contributed by atoms with E-state index < -0.39 is 0 Å². The topological polar surface area (TPSA) is 42.2 Å². The van der Waals surface area contributed by atoms with Crippen molar-refractivity contribution in [2.45, 2.75) is 13.5 Å². The van der Waals surface area contributed by atoms with Crippen molar-refractivity contribution in [2.24, 2.45) is 0 Å². The molecule has 2 aromatic heterocycles. The van der Waals surface area contributed by atoms with Crippen molar-refractivity contribution in [3.05, 3.63) is 40.8 Å². The number of hydrogen-bond acceptors (Lipinski definition) is 4. The van der Waals surface area contributed by atoms with Crippen LogP contribution < -0.4 is 10.6 Å². The molecule has 4 heteroatoms. The van der Waals surface area contributed by atoms with Crippen LogP contribution in [-0.2, 0) is 6.54 Å². The van der Waals surface area contributed by atoms with Gasteiger partial charge in [-0.15, -0.1) is 11.3 Å². The Balaban J connectivity index is 2.16. The normalized spacial score (nSPS) is 10.3. The second-order valence-corrected chi connectivity index (χ2v) is 4.60. The third-order valence-electron chi connectivity index (χ3n) is 2.42. The van der Waals surface area contributed by atoms with Gasteiger partial charge in [0.15, 0.2) is 0 Å². The van der Waals surface area contributed by atoms with Gasteiger partial charge in [-0.3, -0.25) is 4.98 Å². The van der Waals surface area contributed by atoms with Gasteiger partial charge in [0.2, 0.25) is 0 Å². The Labute approximate surface area is 99.5 Å². The standard InChI is InChI=1S/C12H15N3S/c1-2-15(9-12-4-3-5-16-12)11-6-10(13)7-14-8-11/h3-8H,2,9,13H2,1H3. The molecule has 0 aliphatic carbocycles. The third-order valence-corrected chi connectivity index (χ3v) is 3.28. The van der Waals surface area contributed by atoms with E-state index in [9.17, 15) is 0 Å². The fourth-order valence-electron chi connectivity index (χ4n) is 1.59. The molecule has 0 aliphatic heterocycles. The molecule has 2 heterocycles. The zero-order valence-electron chi connectivity index (χ0n) is 9.26. The lowest BCUT2D eigenvalue weighted by atomic mass is 10.3. The van der Waals surface area contributed by atoms with Crippen molar-refractivity contribution in [1.29, 1.82) is 0 Å². The highest BCUT2D eigenvalue weighted by atomic mass is 32.1. The minimum atomic E-state index is 0.710. The monoisotopic (exact) mass is 233 g/mol. The van der Waals surface area contributed by atoms with E-state index in [2.05, 4.69) is 34.3 Å². The van der Waals surface area contributed by atoms with Crippen molar-refractivity contribution in [3.63, 3.8) is 0 Å². The van der Waals surface area contributed by atoms with E-state index in [1.807, 2.05) is 12.3 Å². The number of pyridine rings is 1. The molecule has 3 nitrogen and oxygen atoms in total. The number of aromatic nitrogens is 1. The van der Waals surface area contributed by atoms with Crippen LogP contribution in [0.2, 0.25) is 0 Å². The number of nitrogens with zero attached hydrogens (tertiary/aromatic N) is 2. The molecular weight excluding hydrogens is 218 g/mol. The summed E-state index contributed by atoms with van der Waals surface area (Å²) in [5.74, 6) is 0. The molecule has 0 fully saturated rings. The van der Waals surface area contributed by atoms with Gasteiger partial charge >= 0.3 is 0 Å². The second kappa shape index (κ2) is 4.99. The Morgan fingerprint density at radius 2 is 2.31 bits per heavy atom. The number of nitrogen functional groups attached to an aromatic ring is 1. The zero-order chi connectivity index (χ0) is 11.4. The van der Waals surface area contributed by atoms with Crippen molar-refractivity contribution in [3.8, 4) is 0 Å². The van der Waals surface area contributed by atoms with Crippen LogP contribution >= 0.6 is 11.3 Å². The zero-order valence-corrected chi connectivity index (χ0v) is 10.1. The molecule has 0 saturated carbocycles. The van der Waals surface area contributed by atoms with Crippen LogP contribution in [0.15, 0.2) is 36.0 Å². The van der Waals surface area contributed by atoms with Gasteiger partial charge in [0, 0.05) is 17.6 Å². The first-order valence-corrected chi connectivity index (χ1v) is 6.15. The average Bonchev–Trinajstić information content (AvgIpc) is 2.78. The summed E-state index contributed by atoms with van der Waals surface area (Å²) in [6.45, 7) is 4.00. The first-order chi connectivity index (χ1) is 7.79. The number of rotatable bonds is 4. The molecule has 2 aromatic rings. The van der Waals surface area contributed by atoms with Crippen LogP contribution in [0.3, 0.4) is 0 Å². The second-order valence-electron chi connectivity index (χ2n) is 3.57. The molecule has 0 unspecified atom stereocenters. The third kappa shape index (κ3) is 2.52. The number of nitrogens with two attached hydrogens (primary N) is 1. The minimum Gasteiger partial charge on any atom is -0.397 e. The number of anilines is 2. The Morgan fingerprint density at radius 3 is 2.94 bits per heavy atom. The van der Waals surface area contributed by atoms with E-state index >= 15 is 0 Å². The predicted molar refractivity (Wildman–Crippen MR) is 69.7 cm³/mol. The van der Waals surface area contributed by atoms with E-state index in [0.717, 1.165) is 18.8 Å². The Kier molecular flexibility index (Phi) is 3.41. The van der Waals surface area contributed by atoms with Crippen molar-refractivity contribution < 1.29 is 0 Å². The molecule has 16 heavy (non-hydrogen) atoms. The summed E-state index contributed by atoms with van der Waals surface area (Å²) in [4.78, 5) is 7.73. The summed E-state index contributed by atoms with van der Waals surface area (Å²) >= 11 is 1.77. The van der Waals surface area contributed by atoms with Gasteiger partial charge in [-0.25, -0.2) is 0 Å². The fraction of sp³-hybridized carbons (Fsp3) is 0.250. The summed E-state index contributed by atoms with van der Waals surface area (Å²) in [5, 5.41) is 2.10. The van der Waals surface area contributed by atoms with Crippen LogP contribution in [0.25, 0.3) is 0 Å². The van der Waals surface area contributed by atoms with Crippen LogP contribution in [0.1, 0.15) is 11.8 Å². The van der Waals surface area contributed by atoms with Gasteiger partial charge in [0.25, 0.3) is 0 Å². The molecule has 2 N–H and O–H groups in total. The first-order valence-electron chi connectivity index (χ1n) is 5.27. The van der Waals surface area contributed by atoms with Crippen molar-refractivity contribution >= 4 is 22.7 Å². The highest BCUT2D eigenvalue weighted by molar-refractivity contribution is 7.09. The fourth-order valence-corrected chi connectivity index (χ4v) is 2.31. The quantitative estimate of drug-likeness (QED) is 0.883. The van der Waals surface area contributed by atoms with Gasteiger partial charge in [-0.05, 0) is 24.4 Å². The minimum absolute atomic E-state index is 0.710. The Hall–Kier alpha value is -1.55. The van der Waals surface area contributed by atoms with Gasteiger partial charge in [-0.1, -0.05) is 6.07 Å².